The van der Waals surface area contributed by atoms with Gasteiger partial charge in [0.15, 0.2) is 6.29 Å². The number of fused-ring (bicyclic) bond motifs is 1. The molecule has 0 spiro atoms. The number of halogens is 2. The molecular weight excluding hydrogens is 489 g/mol. The highest BCUT2D eigenvalue weighted by atomic mass is 35.5. The summed E-state index contributed by atoms with van der Waals surface area (Å²) in [5, 5.41) is 1.03. The number of methoxy groups -OCH3 is 2. The van der Waals surface area contributed by atoms with Gasteiger partial charge in [0.25, 0.3) is 0 Å². The second-order valence-electron chi connectivity index (χ2n) is 8.67. The highest BCUT2D eigenvalue weighted by molar-refractivity contribution is 6.32. The van der Waals surface area contributed by atoms with Crippen LogP contribution in [0.2, 0.25) is 10.0 Å². The first-order valence-corrected chi connectivity index (χ1v) is 12.0. The molecule has 3 aromatic rings. The zero-order chi connectivity index (χ0) is 24.7. The molecule has 1 saturated heterocycles. The van der Waals surface area contributed by atoms with Gasteiger partial charge in [-0.25, -0.2) is 0 Å². The van der Waals surface area contributed by atoms with Crippen LogP contribution >= 0.6 is 23.2 Å². The minimum atomic E-state index is -1.06. The van der Waals surface area contributed by atoms with Crippen molar-refractivity contribution in [3.05, 3.63) is 86.9 Å². The van der Waals surface area contributed by atoms with Gasteiger partial charge in [0, 0.05) is 32.9 Å². The maximum absolute atomic E-state index is 14.2. The van der Waals surface area contributed by atoms with Crippen LogP contribution in [-0.2, 0) is 26.2 Å². The van der Waals surface area contributed by atoms with Crippen molar-refractivity contribution in [2.75, 3.05) is 32.3 Å². The Kier molecular flexibility index (Phi) is 6.40. The lowest BCUT2D eigenvalue weighted by atomic mass is 9.76. The third-order valence-corrected chi connectivity index (χ3v) is 7.27. The van der Waals surface area contributed by atoms with Crippen LogP contribution in [0.5, 0.6) is 11.5 Å². The lowest BCUT2D eigenvalue weighted by Gasteiger charge is -2.27. The molecule has 3 aromatic carbocycles. The summed E-state index contributed by atoms with van der Waals surface area (Å²) in [5.74, 6) is 1.20. The third-order valence-electron chi connectivity index (χ3n) is 6.71. The molecule has 6 nitrogen and oxygen atoms in total. The summed E-state index contributed by atoms with van der Waals surface area (Å²) in [6.45, 7) is 3.24. The third kappa shape index (κ3) is 4.04. The van der Waals surface area contributed by atoms with Crippen molar-refractivity contribution in [2.45, 2.75) is 25.2 Å². The van der Waals surface area contributed by atoms with Crippen molar-refractivity contribution >= 4 is 34.8 Å². The van der Waals surface area contributed by atoms with Crippen molar-refractivity contribution in [2.24, 2.45) is 0 Å². The van der Waals surface area contributed by atoms with Crippen molar-refractivity contribution in [1.82, 2.24) is 0 Å². The summed E-state index contributed by atoms with van der Waals surface area (Å²) < 4.78 is 22.3. The van der Waals surface area contributed by atoms with Crippen LogP contribution < -0.4 is 14.4 Å². The molecule has 1 atom stereocenters. The molecule has 182 valence electrons. The lowest BCUT2D eigenvalue weighted by molar-refractivity contribution is -0.121. The van der Waals surface area contributed by atoms with E-state index in [9.17, 15) is 4.79 Å². The van der Waals surface area contributed by atoms with Crippen LogP contribution in [0.1, 0.15) is 35.5 Å². The van der Waals surface area contributed by atoms with Gasteiger partial charge in [0.2, 0.25) is 5.91 Å². The van der Waals surface area contributed by atoms with Gasteiger partial charge in [-0.15, -0.1) is 0 Å². The van der Waals surface area contributed by atoms with E-state index in [1.54, 1.807) is 37.3 Å². The predicted octanol–water partition coefficient (Wildman–Crippen LogP) is 5.91. The van der Waals surface area contributed by atoms with E-state index in [1.165, 1.54) is 0 Å². The van der Waals surface area contributed by atoms with Gasteiger partial charge in [-0.3, -0.25) is 4.79 Å². The molecule has 5 rings (SSSR count). The average Bonchev–Trinajstić information content (AvgIpc) is 3.47. The maximum Gasteiger partial charge on any atom is 0.242 e. The van der Waals surface area contributed by atoms with Crippen LogP contribution in [0, 0.1) is 0 Å². The number of hydrogen-bond acceptors (Lipinski definition) is 5. The Labute approximate surface area is 214 Å². The van der Waals surface area contributed by atoms with Crippen LogP contribution in [0.25, 0.3) is 0 Å². The Morgan fingerprint density at radius 1 is 0.971 bits per heavy atom. The van der Waals surface area contributed by atoms with Gasteiger partial charge in [-0.05, 0) is 60.5 Å². The van der Waals surface area contributed by atoms with E-state index in [0.717, 1.165) is 22.4 Å². The van der Waals surface area contributed by atoms with E-state index in [2.05, 4.69) is 0 Å². The summed E-state index contributed by atoms with van der Waals surface area (Å²) in [5.41, 5.74) is 2.83. The molecule has 0 radical (unpaired) electrons. The summed E-state index contributed by atoms with van der Waals surface area (Å²) in [7, 11) is 3.20. The molecule has 0 aliphatic carbocycles. The summed E-state index contributed by atoms with van der Waals surface area (Å²) in [6, 6.07) is 16.6. The molecule has 2 aliphatic heterocycles. The predicted molar refractivity (Wildman–Crippen MR) is 135 cm³/mol. The number of carbonyl (C=O) groups is 1. The van der Waals surface area contributed by atoms with E-state index >= 15 is 0 Å². The molecule has 2 heterocycles. The van der Waals surface area contributed by atoms with E-state index in [-0.39, 0.29) is 5.91 Å². The Balaban J connectivity index is 1.61. The second-order valence-corrected chi connectivity index (χ2v) is 9.51. The molecule has 1 fully saturated rings. The molecule has 8 heteroatoms. The highest BCUT2D eigenvalue weighted by Crippen LogP contribution is 2.50. The molecule has 2 aliphatic rings. The normalized spacial score (nSPS) is 19.8. The number of nitrogens with zero attached hydrogens (tertiary/aromatic N) is 1. The molecule has 0 saturated carbocycles. The number of carbonyl (C=O) groups excluding carboxylic acids is 1. The van der Waals surface area contributed by atoms with Crippen molar-refractivity contribution in [3.63, 3.8) is 0 Å². The molecule has 0 bridgehead atoms. The topological polar surface area (TPSA) is 57.2 Å². The number of anilines is 1. The lowest BCUT2D eigenvalue weighted by Crippen LogP contribution is -2.39. The maximum atomic E-state index is 14.2. The molecule has 1 amide bonds. The number of benzene rings is 3. The molecule has 35 heavy (non-hydrogen) atoms. The first kappa shape index (κ1) is 23.9. The molecular formula is C27H25Cl2NO5. The number of rotatable bonds is 6. The Morgan fingerprint density at radius 3 is 2.46 bits per heavy atom. The molecule has 0 N–H and O–H groups in total. The van der Waals surface area contributed by atoms with Gasteiger partial charge < -0.3 is 23.8 Å². The molecule has 1 unspecified atom stereocenters. The van der Waals surface area contributed by atoms with Crippen molar-refractivity contribution < 1.29 is 23.7 Å². The fourth-order valence-corrected chi connectivity index (χ4v) is 5.31. The summed E-state index contributed by atoms with van der Waals surface area (Å²) in [4.78, 5) is 16.0. The van der Waals surface area contributed by atoms with E-state index < -0.39 is 11.7 Å². The fourth-order valence-electron chi connectivity index (χ4n) is 4.83. The first-order chi connectivity index (χ1) is 16.9. The van der Waals surface area contributed by atoms with Gasteiger partial charge in [-0.2, -0.15) is 0 Å². The minimum absolute atomic E-state index is 0.111. The number of amides is 1. The zero-order valence-corrected chi connectivity index (χ0v) is 21.2. The number of hydrogen-bond donors (Lipinski definition) is 0. The average molecular weight is 514 g/mol. The SMILES string of the molecule is COc1ccc(CN2C(=O)C(C)(c3cc(C4OCCO4)ccc3Cl)c3cc(Cl)ccc32)c(OC)c1. The standard InChI is InChI=1S/C27H25Cl2NO5/c1-27(20-12-16(5-8-22(20)29)25-34-10-11-35-25)21-13-18(28)6-9-23(21)30(26(27)31)15-17-4-7-19(32-2)14-24(17)33-3/h4-9,12-14,25H,10-11,15H2,1-3H3. The zero-order valence-electron chi connectivity index (χ0n) is 19.6. The van der Waals surface area contributed by atoms with Crippen molar-refractivity contribution in [3.8, 4) is 11.5 Å². The fraction of sp³-hybridized carbons (Fsp3) is 0.296. The van der Waals surface area contributed by atoms with E-state index in [4.69, 9.17) is 42.1 Å². The Bertz CT molecular complexity index is 1290. The van der Waals surface area contributed by atoms with Crippen LogP contribution in [0.15, 0.2) is 54.6 Å². The number of ether oxygens (including phenoxy) is 4. The van der Waals surface area contributed by atoms with Gasteiger partial charge in [0.05, 0.1) is 34.0 Å². The van der Waals surface area contributed by atoms with Gasteiger partial charge in [0.1, 0.15) is 16.9 Å². The smallest absolute Gasteiger partial charge is 0.242 e. The van der Waals surface area contributed by atoms with Crippen LogP contribution in [0.4, 0.5) is 5.69 Å². The Morgan fingerprint density at radius 2 is 1.74 bits per heavy atom. The highest BCUT2D eigenvalue weighted by Gasteiger charge is 2.50. The summed E-state index contributed by atoms with van der Waals surface area (Å²) >= 11 is 13.1. The monoisotopic (exact) mass is 513 g/mol. The van der Waals surface area contributed by atoms with E-state index in [1.807, 2.05) is 43.3 Å². The minimum Gasteiger partial charge on any atom is -0.497 e. The van der Waals surface area contributed by atoms with Crippen molar-refractivity contribution in [1.29, 1.82) is 0 Å². The summed E-state index contributed by atoms with van der Waals surface area (Å²) in [6.07, 6.45) is -0.482. The van der Waals surface area contributed by atoms with Gasteiger partial charge in [-0.1, -0.05) is 29.3 Å². The second kappa shape index (κ2) is 9.36. The quantitative estimate of drug-likeness (QED) is 0.410. The largest absolute Gasteiger partial charge is 0.497 e. The first-order valence-electron chi connectivity index (χ1n) is 11.2. The van der Waals surface area contributed by atoms with E-state index in [0.29, 0.717) is 46.9 Å². The Hall–Kier alpha value is -2.77. The van der Waals surface area contributed by atoms with Crippen LogP contribution in [0.3, 0.4) is 0 Å². The molecule has 0 aromatic heterocycles. The van der Waals surface area contributed by atoms with Gasteiger partial charge >= 0.3 is 0 Å². The van der Waals surface area contributed by atoms with Crippen LogP contribution in [-0.4, -0.2) is 33.3 Å².